The van der Waals surface area contributed by atoms with Crippen LogP contribution in [0.25, 0.3) is 10.1 Å². The predicted octanol–water partition coefficient (Wildman–Crippen LogP) is 0.443. The maximum absolute atomic E-state index is 12.1. The van der Waals surface area contributed by atoms with Gasteiger partial charge < -0.3 is 26.0 Å². The summed E-state index contributed by atoms with van der Waals surface area (Å²) in [6.45, 7) is 1.55. The molecule has 1 aliphatic heterocycles. The Morgan fingerprint density at radius 2 is 2.41 bits per heavy atom. The molecule has 0 unspecified atom stereocenters. The van der Waals surface area contributed by atoms with Crippen molar-refractivity contribution in [2.24, 2.45) is 4.99 Å². The van der Waals surface area contributed by atoms with Crippen LogP contribution in [0.4, 0.5) is 5.82 Å². The second kappa shape index (κ2) is 8.49. The van der Waals surface area contributed by atoms with E-state index in [1.165, 1.54) is 6.34 Å². The van der Waals surface area contributed by atoms with E-state index in [9.17, 15) is 9.59 Å². The topological polar surface area (TPSA) is 122 Å². The van der Waals surface area contributed by atoms with Crippen LogP contribution >= 0.6 is 11.3 Å². The number of hydrogen-bond donors (Lipinski definition) is 3. The number of nitrogens with zero attached hydrogens (tertiary/aromatic N) is 3. The van der Waals surface area contributed by atoms with E-state index in [2.05, 4.69) is 20.6 Å². The van der Waals surface area contributed by atoms with Crippen LogP contribution in [-0.4, -0.2) is 55.2 Å². The summed E-state index contributed by atoms with van der Waals surface area (Å²) in [5.41, 5.74) is 5.98. The molecule has 10 heteroatoms. The Morgan fingerprint density at radius 3 is 3.22 bits per heavy atom. The third kappa shape index (κ3) is 4.94. The summed E-state index contributed by atoms with van der Waals surface area (Å²) in [4.78, 5) is 33.8. The zero-order chi connectivity index (χ0) is 19.2. The van der Waals surface area contributed by atoms with E-state index < -0.39 is 0 Å². The quantitative estimate of drug-likeness (QED) is 0.357. The zero-order valence-corrected chi connectivity index (χ0v) is 15.6. The highest BCUT2D eigenvalue weighted by Gasteiger charge is 2.12. The monoisotopic (exact) mass is 388 g/mol. The van der Waals surface area contributed by atoms with E-state index in [0.717, 1.165) is 15.0 Å². The van der Waals surface area contributed by atoms with E-state index in [1.54, 1.807) is 29.5 Å². The molecule has 3 heterocycles. The summed E-state index contributed by atoms with van der Waals surface area (Å²) in [6, 6.07) is 3.80. The number of aldehydes is 1. The minimum absolute atomic E-state index is 0.125. The Labute approximate surface area is 159 Å². The Morgan fingerprint density at radius 1 is 1.56 bits per heavy atom. The van der Waals surface area contributed by atoms with E-state index in [-0.39, 0.29) is 18.3 Å². The highest BCUT2D eigenvalue weighted by molar-refractivity contribution is 7.19. The molecule has 0 bridgehead atoms. The zero-order valence-electron chi connectivity index (χ0n) is 14.8. The summed E-state index contributed by atoms with van der Waals surface area (Å²) >= 11 is 1.57. The molecule has 1 amide bonds. The molecule has 3 rings (SSSR count). The van der Waals surface area contributed by atoms with Crippen LogP contribution in [0.2, 0.25) is 0 Å². The molecule has 27 heavy (non-hydrogen) atoms. The van der Waals surface area contributed by atoms with Crippen LogP contribution < -0.4 is 16.4 Å². The number of amides is 1. The number of rotatable bonds is 7. The van der Waals surface area contributed by atoms with Crippen molar-refractivity contribution < 1.29 is 14.3 Å². The maximum atomic E-state index is 12.1. The fraction of sp³-hybridized carbons (Fsp3) is 0.294. The van der Waals surface area contributed by atoms with Gasteiger partial charge in [0.25, 0.3) is 0 Å². The molecule has 4 N–H and O–H groups in total. The molecule has 0 spiro atoms. The molecule has 0 fully saturated rings. The number of allylic oxidation sites excluding steroid dienone is 1. The number of anilines is 1. The van der Waals surface area contributed by atoms with Gasteiger partial charge in [-0.1, -0.05) is 0 Å². The number of carbonyl (C=O) groups excluding carboxylic acids is 2. The molecule has 0 aliphatic carbocycles. The van der Waals surface area contributed by atoms with Gasteiger partial charge in [0.1, 0.15) is 18.1 Å². The number of likely N-dealkylation sites (N-methyl/N-ethyl adjacent to an activating group) is 1. The predicted molar refractivity (Wildman–Crippen MR) is 104 cm³/mol. The van der Waals surface area contributed by atoms with Gasteiger partial charge in [0.05, 0.1) is 19.4 Å². The fourth-order valence-electron chi connectivity index (χ4n) is 2.44. The smallest absolute Gasteiger partial charge is 0.242 e. The van der Waals surface area contributed by atoms with E-state index in [4.69, 9.17) is 10.5 Å². The fourth-order valence-corrected chi connectivity index (χ4v) is 3.46. The first-order valence-electron chi connectivity index (χ1n) is 8.26. The van der Waals surface area contributed by atoms with Crippen LogP contribution in [0, 0.1) is 0 Å². The molecule has 1 aliphatic rings. The highest BCUT2D eigenvalue weighted by Crippen LogP contribution is 2.26. The minimum Gasteiger partial charge on any atom is -0.474 e. The van der Waals surface area contributed by atoms with Gasteiger partial charge in [-0.05, 0) is 12.1 Å². The first-order chi connectivity index (χ1) is 13.0. The molecular formula is C17H20N6O3S. The lowest BCUT2D eigenvalue weighted by molar-refractivity contribution is -0.121. The normalized spacial score (nSPS) is 14.1. The number of ether oxygens (including phenoxy) is 1. The molecule has 0 saturated carbocycles. The second-order valence-corrected chi connectivity index (χ2v) is 7.08. The van der Waals surface area contributed by atoms with Crippen LogP contribution in [0.15, 0.2) is 34.9 Å². The number of aliphatic imine (C=N–C) groups is 1. The van der Waals surface area contributed by atoms with Crippen molar-refractivity contribution in [2.75, 3.05) is 32.5 Å². The van der Waals surface area contributed by atoms with Gasteiger partial charge in [-0.25, -0.2) is 9.98 Å². The second-order valence-electron chi connectivity index (χ2n) is 5.91. The van der Waals surface area contributed by atoms with Gasteiger partial charge >= 0.3 is 0 Å². The van der Waals surface area contributed by atoms with E-state index >= 15 is 0 Å². The van der Waals surface area contributed by atoms with Gasteiger partial charge in [-0.3, -0.25) is 9.59 Å². The first-order valence-corrected chi connectivity index (χ1v) is 9.08. The molecule has 0 radical (unpaired) electrons. The number of pyridine rings is 1. The number of fused-ring (bicyclic) bond motifs is 1. The molecule has 0 atom stereocenters. The molecule has 0 saturated heterocycles. The first kappa shape index (κ1) is 18.6. The van der Waals surface area contributed by atoms with Crippen molar-refractivity contribution >= 4 is 45.8 Å². The number of aromatic nitrogens is 1. The summed E-state index contributed by atoms with van der Waals surface area (Å²) in [5.74, 6) is 0.554. The number of hydrogen-bond acceptors (Lipinski definition) is 8. The number of nitrogens with two attached hydrogens (primary N) is 1. The molecule has 2 aromatic rings. The standard InChI is InChI=1S/C17H20N6O3S/c1-23(10-22-17-13(9-24)19-2-3-26-17)8-16(25)21-7-12-4-11-6-20-15(18)5-14(11)27-12/h4-6,9-10,19H,2-3,7-8H2,1H3,(H2,18,20)(H,21,25)/b22-10-. The van der Waals surface area contributed by atoms with Crippen molar-refractivity contribution in [1.82, 2.24) is 20.5 Å². The lowest BCUT2D eigenvalue weighted by Gasteiger charge is -2.17. The largest absolute Gasteiger partial charge is 0.474 e. The van der Waals surface area contributed by atoms with Crippen LogP contribution in [0.5, 0.6) is 0 Å². The maximum Gasteiger partial charge on any atom is 0.242 e. The lowest BCUT2D eigenvalue weighted by Crippen LogP contribution is -2.34. The summed E-state index contributed by atoms with van der Waals surface area (Å²) in [5, 5.41) is 6.77. The van der Waals surface area contributed by atoms with Gasteiger partial charge in [0, 0.05) is 34.8 Å². The van der Waals surface area contributed by atoms with Crippen molar-refractivity contribution in [1.29, 1.82) is 0 Å². The highest BCUT2D eigenvalue weighted by atomic mass is 32.1. The van der Waals surface area contributed by atoms with E-state index in [0.29, 0.717) is 37.5 Å². The average molecular weight is 388 g/mol. The van der Waals surface area contributed by atoms with Gasteiger partial charge in [0.15, 0.2) is 6.29 Å². The Balaban J connectivity index is 1.51. The van der Waals surface area contributed by atoms with Crippen molar-refractivity contribution in [3.05, 3.63) is 34.8 Å². The molecule has 142 valence electrons. The van der Waals surface area contributed by atoms with Crippen molar-refractivity contribution in [2.45, 2.75) is 6.54 Å². The Kier molecular flexibility index (Phi) is 5.87. The minimum atomic E-state index is -0.147. The molecule has 2 aromatic heterocycles. The van der Waals surface area contributed by atoms with Gasteiger partial charge in [0.2, 0.25) is 11.8 Å². The summed E-state index contributed by atoms with van der Waals surface area (Å²) < 4.78 is 6.37. The summed E-state index contributed by atoms with van der Waals surface area (Å²) in [7, 11) is 1.72. The number of nitrogen functional groups attached to an aromatic ring is 1. The SMILES string of the molecule is CN(/C=N\C1=C(C=O)NCCO1)CC(=O)NCc1cc2cnc(N)cc2s1. The van der Waals surface area contributed by atoms with Gasteiger partial charge in [-0.15, -0.1) is 11.3 Å². The third-order valence-electron chi connectivity index (χ3n) is 3.70. The van der Waals surface area contributed by atoms with Crippen molar-refractivity contribution in [3.8, 4) is 0 Å². The lowest BCUT2D eigenvalue weighted by atomic mass is 10.3. The van der Waals surface area contributed by atoms with Crippen LogP contribution in [-0.2, 0) is 20.9 Å². The number of nitrogens with one attached hydrogen (secondary N) is 2. The Hall–Kier alpha value is -3.14. The number of thiophene rings is 1. The molecule has 9 nitrogen and oxygen atoms in total. The average Bonchev–Trinajstić information content (AvgIpc) is 3.07. The Bertz CT molecular complexity index is 907. The summed E-state index contributed by atoms with van der Waals surface area (Å²) in [6.07, 6.45) is 3.84. The van der Waals surface area contributed by atoms with Gasteiger partial charge in [-0.2, -0.15) is 0 Å². The number of carbonyl (C=O) groups is 2. The van der Waals surface area contributed by atoms with Crippen LogP contribution in [0.1, 0.15) is 4.88 Å². The third-order valence-corrected chi connectivity index (χ3v) is 4.80. The van der Waals surface area contributed by atoms with Crippen molar-refractivity contribution in [3.63, 3.8) is 0 Å². The molecule has 0 aromatic carbocycles. The van der Waals surface area contributed by atoms with E-state index in [1.807, 2.05) is 12.1 Å². The molecular weight excluding hydrogens is 368 g/mol. The van der Waals surface area contributed by atoms with Crippen LogP contribution in [0.3, 0.4) is 0 Å².